The highest BCUT2D eigenvalue weighted by Crippen LogP contribution is 2.13. The molecule has 1 N–H and O–H groups in total. The van der Waals surface area contributed by atoms with Gasteiger partial charge in [-0.2, -0.15) is 0 Å². The van der Waals surface area contributed by atoms with Crippen LogP contribution in [0.2, 0.25) is 0 Å². The van der Waals surface area contributed by atoms with E-state index in [1.165, 1.54) is 11.3 Å². The zero-order valence-electron chi connectivity index (χ0n) is 10.3. The number of aryl methyl sites for hydroxylation is 2. The van der Waals surface area contributed by atoms with Gasteiger partial charge in [0.15, 0.2) is 4.80 Å². The third-order valence-corrected chi connectivity index (χ3v) is 3.49. The number of carboxylic acid groups (broad SMARTS) is 1. The lowest BCUT2D eigenvalue weighted by Gasteiger charge is -1.95. The Labute approximate surface area is 109 Å². The SMILES string of the molecule is Cc1cccc(N=c2sc(CC(=O)O)cn2C)c1. The number of hydrogen-bond donors (Lipinski definition) is 1. The van der Waals surface area contributed by atoms with Crippen LogP contribution in [0.3, 0.4) is 0 Å². The van der Waals surface area contributed by atoms with Crippen molar-refractivity contribution in [2.45, 2.75) is 13.3 Å². The van der Waals surface area contributed by atoms with E-state index in [-0.39, 0.29) is 6.42 Å². The molecular weight excluding hydrogens is 248 g/mol. The number of aromatic nitrogens is 1. The Balaban J connectivity index is 2.38. The van der Waals surface area contributed by atoms with Gasteiger partial charge in [0.2, 0.25) is 0 Å². The number of carboxylic acids is 1. The minimum atomic E-state index is -0.820. The number of benzene rings is 1. The van der Waals surface area contributed by atoms with Gasteiger partial charge < -0.3 is 9.67 Å². The fourth-order valence-electron chi connectivity index (χ4n) is 1.63. The molecule has 5 heteroatoms. The molecule has 2 rings (SSSR count). The number of carbonyl (C=O) groups is 1. The molecule has 0 aliphatic heterocycles. The molecule has 18 heavy (non-hydrogen) atoms. The van der Waals surface area contributed by atoms with Crippen LogP contribution in [0.25, 0.3) is 0 Å². The van der Waals surface area contributed by atoms with E-state index in [1.807, 2.05) is 49.0 Å². The lowest BCUT2D eigenvalue weighted by atomic mass is 10.2. The Hall–Kier alpha value is -1.88. The van der Waals surface area contributed by atoms with Crippen molar-refractivity contribution < 1.29 is 9.90 Å². The van der Waals surface area contributed by atoms with Crippen LogP contribution in [0.4, 0.5) is 5.69 Å². The van der Waals surface area contributed by atoms with Gasteiger partial charge in [-0.1, -0.05) is 12.1 Å². The third kappa shape index (κ3) is 3.07. The van der Waals surface area contributed by atoms with E-state index in [1.54, 1.807) is 0 Å². The molecule has 0 amide bonds. The maximum atomic E-state index is 10.7. The van der Waals surface area contributed by atoms with Crippen molar-refractivity contribution in [1.29, 1.82) is 0 Å². The Kier molecular flexibility index (Phi) is 3.62. The van der Waals surface area contributed by atoms with E-state index < -0.39 is 5.97 Å². The molecule has 0 spiro atoms. The van der Waals surface area contributed by atoms with E-state index in [2.05, 4.69) is 4.99 Å². The summed E-state index contributed by atoms with van der Waals surface area (Å²) in [6, 6.07) is 7.91. The number of nitrogens with zero attached hydrogens (tertiary/aromatic N) is 2. The minimum Gasteiger partial charge on any atom is -0.481 e. The van der Waals surface area contributed by atoms with Gasteiger partial charge in [-0.25, -0.2) is 4.99 Å². The van der Waals surface area contributed by atoms with Crippen molar-refractivity contribution in [3.8, 4) is 0 Å². The molecule has 4 nitrogen and oxygen atoms in total. The van der Waals surface area contributed by atoms with Crippen molar-refractivity contribution in [3.05, 3.63) is 45.7 Å². The summed E-state index contributed by atoms with van der Waals surface area (Å²) in [6.45, 7) is 2.02. The molecule has 0 fully saturated rings. The van der Waals surface area contributed by atoms with Crippen molar-refractivity contribution in [3.63, 3.8) is 0 Å². The van der Waals surface area contributed by atoms with Crippen LogP contribution in [0.5, 0.6) is 0 Å². The Morgan fingerprint density at radius 2 is 2.28 bits per heavy atom. The molecule has 0 saturated carbocycles. The van der Waals surface area contributed by atoms with Gasteiger partial charge in [0, 0.05) is 18.1 Å². The first-order valence-electron chi connectivity index (χ1n) is 5.53. The molecule has 0 radical (unpaired) electrons. The maximum Gasteiger partial charge on any atom is 0.308 e. The van der Waals surface area contributed by atoms with Crippen molar-refractivity contribution in [1.82, 2.24) is 4.57 Å². The van der Waals surface area contributed by atoms with Gasteiger partial charge in [0.1, 0.15) is 0 Å². The predicted molar refractivity (Wildman–Crippen MR) is 71.0 cm³/mol. The van der Waals surface area contributed by atoms with Gasteiger partial charge >= 0.3 is 5.97 Å². The summed E-state index contributed by atoms with van der Waals surface area (Å²) in [5.74, 6) is -0.820. The lowest BCUT2D eigenvalue weighted by Crippen LogP contribution is -2.07. The Morgan fingerprint density at radius 3 is 2.94 bits per heavy atom. The first-order chi connectivity index (χ1) is 8.54. The van der Waals surface area contributed by atoms with E-state index in [0.717, 1.165) is 20.9 Å². The summed E-state index contributed by atoms with van der Waals surface area (Å²) in [5.41, 5.74) is 2.04. The number of thiazole rings is 1. The van der Waals surface area contributed by atoms with Crippen LogP contribution >= 0.6 is 11.3 Å². The van der Waals surface area contributed by atoms with Gasteiger partial charge in [-0.05, 0) is 24.6 Å². The van der Waals surface area contributed by atoms with Crippen LogP contribution in [0.15, 0.2) is 35.5 Å². The highest BCUT2D eigenvalue weighted by Gasteiger charge is 2.04. The highest BCUT2D eigenvalue weighted by molar-refractivity contribution is 7.09. The standard InChI is InChI=1S/C13H14N2O2S/c1-9-4-3-5-10(6-9)14-13-15(2)8-11(18-13)7-12(16)17/h3-6,8H,7H2,1-2H3,(H,16,17). The fraction of sp³-hybridized carbons (Fsp3) is 0.231. The second kappa shape index (κ2) is 5.18. The van der Waals surface area contributed by atoms with Gasteiger partial charge in [-0.3, -0.25) is 4.79 Å². The molecule has 0 atom stereocenters. The van der Waals surface area contributed by atoms with E-state index in [9.17, 15) is 4.79 Å². The van der Waals surface area contributed by atoms with Crippen LogP contribution in [0, 0.1) is 6.92 Å². The van der Waals surface area contributed by atoms with E-state index >= 15 is 0 Å². The molecule has 0 aliphatic carbocycles. The number of rotatable bonds is 3. The zero-order valence-corrected chi connectivity index (χ0v) is 11.1. The number of aliphatic carboxylic acids is 1. The maximum absolute atomic E-state index is 10.7. The molecule has 0 unspecified atom stereocenters. The van der Waals surface area contributed by atoms with Crippen LogP contribution in [-0.2, 0) is 18.3 Å². The molecule has 1 aromatic carbocycles. The van der Waals surface area contributed by atoms with Crippen molar-refractivity contribution in [2.75, 3.05) is 0 Å². The van der Waals surface area contributed by atoms with Gasteiger partial charge in [-0.15, -0.1) is 11.3 Å². The molecule has 0 bridgehead atoms. The summed E-state index contributed by atoms with van der Waals surface area (Å²) in [5, 5.41) is 8.76. The minimum absolute atomic E-state index is 0.0435. The summed E-state index contributed by atoms with van der Waals surface area (Å²) in [6.07, 6.45) is 1.86. The fourth-order valence-corrected chi connectivity index (χ4v) is 2.62. The summed E-state index contributed by atoms with van der Waals surface area (Å²) < 4.78 is 1.85. The monoisotopic (exact) mass is 262 g/mol. The molecule has 1 aromatic heterocycles. The second-order valence-electron chi connectivity index (χ2n) is 4.11. The summed E-state index contributed by atoms with van der Waals surface area (Å²) in [7, 11) is 1.87. The Bertz CT molecular complexity index is 640. The molecule has 0 aliphatic rings. The van der Waals surface area contributed by atoms with Crippen LogP contribution in [0.1, 0.15) is 10.4 Å². The molecule has 0 saturated heterocycles. The average Bonchev–Trinajstić information content (AvgIpc) is 2.58. The molecule has 1 heterocycles. The Morgan fingerprint density at radius 1 is 1.50 bits per heavy atom. The smallest absolute Gasteiger partial charge is 0.308 e. The lowest BCUT2D eigenvalue weighted by molar-refractivity contribution is -0.136. The average molecular weight is 262 g/mol. The quantitative estimate of drug-likeness (QED) is 0.922. The first-order valence-corrected chi connectivity index (χ1v) is 6.35. The highest BCUT2D eigenvalue weighted by atomic mass is 32.1. The zero-order chi connectivity index (χ0) is 13.1. The normalized spacial score (nSPS) is 11.8. The topological polar surface area (TPSA) is 54.6 Å². The van der Waals surface area contributed by atoms with Crippen LogP contribution in [-0.4, -0.2) is 15.6 Å². The van der Waals surface area contributed by atoms with Crippen molar-refractivity contribution >= 4 is 23.0 Å². The third-order valence-electron chi connectivity index (χ3n) is 2.41. The predicted octanol–water partition coefficient (Wildman–Crippen LogP) is 2.25. The van der Waals surface area contributed by atoms with Crippen molar-refractivity contribution in [2.24, 2.45) is 12.0 Å². The van der Waals surface area contributed by atoms with Gasteiger partial charge in [0.25, 0.3) is 0 Å². The molecular formula is C13H14N2O2S. The second-order valence-corrected chi connectivity index (χ2v) is 5.21. The van der Waals surface area contributed by atoms with Crippen LogP contribution < -0.4 is 4.80 Å². The largest absolute Gasteiger partial charge is 0.481 e. The van der Waals surface area contributed by atoms with Gasteiger partial charge in [0.05, 0.1) is 12.1 Å². The van der Waals surface area contributed by atoms with E-state index in [0.29, 0.717) is 0 Å². The number of hydrogen-bond acceptors (Lipinski definition) is 3. The first kappa shape index (κ1) is 12.6. The molecule has 2 aromatic rings. The summed E-state index contributed by atoms with van der Waals surface area (Å²) in [4.78, 5) is 16.8. The summed E-state index contributed by atoms with van der Waals surface area (Å²) >= 11 is 1.40. The molecule has 94 valence electrons. The van der Waals surface area contributed by atoms with E-state index in [4.69, 9.17) is 5.11 Å².